The highest BCUT2D eigenvalue weighted by molar-refractivity contribution is 5.76. The molecule has 6 heteroatoms. The van der Waals surface area contributed by atoms with Gasteiger partial charge in [-0.3, -0.25) is 9.59 Å². The first kappa shape index (κ1) is 58.1. The summed E-state index contributed by atoms with van der Waals surface area (Å²) in [6, 6.07) is -0.628. The van der Waals surface area contributed by atoms with Gasteiger partial charge >= 0.3 is 5.97 Å². The van der Waals surface area contributed by atoms with Gasteiger partial charge in [0.05, 0.1) is 25.4 Å². The van der Waals surface area contributed by atoms with Crippen molar-refractivity contribution >= 4 is 11.9 Å². The first-order valence-electron chi connectivity index (χ1n) is 26.3. The Labute approximate surface area is 373 Å². The van der Waals surface area contributed by atoms with Crippen LogP contribution >= 0.6 is 0 Å². The van der Waals surface area contributed by atoms with E-state index in [1.807, 2.05) is 6.08 Å². The maximum absolute atomic E-state index is 12.4. The molecule has 352 valence electrons. The summed E-state index contributed by atoms with van der Waals surface area (Å²) in [5, 5.41) is 22.9. The predicted octanol–water partition coefficient (Wildman–Crippen LogP) is 15.7. The topological polar surface area (TPSA) is 95.9 Å². The third-order valence-electron chi connectivity index (χ3n) is 11.9. The zero-order chi connectivity index (χ0) is 43.7. The van der Waals surface area contributed by atoms with Gasteiger partial charge in [0.2, 0.25) is 5.91 Å². The summed E-state index contributed by atoms with van der Waals surface area (Å²) in [6.07, 6.45) is 60.1. The van der Waals surface area contributed by atoms with Crippen LogP contribution in [0.15, 0.2) is 36.5 Å². The smallest absolute Gasteiger partial charge is 0.305 e. The molecule has 2 atom stereocenters. The maximum atomic E-state index is 12.4. The van der Waals surface area contributed by atoms with E-state index in [0.29, 0.717) is 19.4 Å². The van der Waals surface area contributed by atoms with Crippen molar-refractivity contribution < 1.29 is 24.5 Å². The lowest BCUT2D eigenvalue weighted by atomic mass is 10.0. The third-order valence-corrected chi connectivity index (χ3v) is 11.9. The molecule has 0 aliphatic rings. The zero-order valence-electron chi connectivity index (χ0n) is 39.9. The lowest BCUT2D eigenvalue weighted by molar-refractivity contribution is -0.143. The van der Waals surface area contributed by atoms with Crippen LogP contribution in [0.3, 0.4) is 0 Å². The molecule has 1 amide bonds. The fourth-order valence-corrected chi connectivity index (χ4v) is 7.84. The van der Waals surface area contributed by atoms with E-state index in [-0.39, 0.29) is 18.5 Å². The Balaban J connectivity index is 3.40. The van der Waals surface area contributed by atoms with Crippen LogP contribution in [0.2, 0.25) is 0 Å². The maximum Gasteiger partial charge on any atom is 0.305 e. The van der Waals surface area contributed by atoms with Gasteiger partial charge in [0, 0.05) is 12.8 Å². The van der Waals surface area contributed by atoms with Gasteiger partial charge in [-0.1, -0.05) is 230 Å². The molecule has 6 nitrogen and oxygen atoms in total. The average Bonchev–Trinajstić information content (AvgIpc) is 3.25. The summed E-state index contributed by atoms with van der Waals surface area (Å²) < 4.78 is 5.46. The lowest BCUT2D eigenvalue weighted by Gasteiger charge is -2.20. The molecule has 0 fully saturated rings. The van der Waals surface area contributed by atoms with Gasteiger partial charge in [-0.05, 0) is 64.2 Å². The van der Waals surface area contributed by atoms with Crippen molar-refractivity contribution in [1.82, 2.24) is 5.32 Å². The van der Waals surface area contributed by atoms with Gasteiger partial charge in [0.1, 0.15) is 0 Å². The van der Waals surface area contributed by atoms with E-state index < -0.39 is 12.1 Å². The molecule has 0 aliphatic carbocycles. The van der Waals surface area contributed by atoms with Crippen LogP contribution in [0.4, 0.5) is 0 Å². The molecule has 0 aromatic heterocycles. The molecular formula is C54H101NO5. The quantitative estimate of drug-likeness (QED) is 0.0322. The Kier molecular flexibility index (Phi) is 48.1. The monoisotopic (exact) mass is 844 g/mol. The largest absolute Gasteiger partial charge is 0.466 e. The van der Waals surface area contributed by atoms with Gasteiger partial charge in [0.25, 0.3) is 0 Å². The van der Waals surface area contributed by atoms with Crippen LogP contribution in [0.25, 0.3) is 0 Å². The van der Waals surface area contributed by atoms with Gasteiger partial charge in [0.15, 0.2) is 0 Å². The Morgan fingerprint density at radius 3 is 1.30 bits per heavy atom. The summed E-state index contributed by atoms with van der Waals surface area (Å²) in [7, 11) is 0. The van der Waals surface area contributed by atoms with E-state index in [1.54, 1.807) is 6.08 Å². The van der Waals surface area contributed by atoms with E-state index in [1.165, 1.54) is 193 Å². The number of esters is 1. The third kappa shape index (κ3) is 45.6. The van der Waals surface area contributed by atoms with Gasteiger partial charge in [-0.25, -0.2) is 0 Å². The van der Waals surface area contributed by atoms with E-state index in [0.717, 1.165) is 51.4 Å². The standard InChI is InChI=1S/C54H101NO5/c1-3-5-7-9-11-13-14-15-21-25-28-32-36-40-44-48-54(59)60-49-45-41-37-33-29-26-23-20-18-16-17-19-22-24-27-31-35-39-43-47-53(58)55-51(50-56)52(57)46-42-38-34-30-12-10-8-6-4-2/h11,13,15,21,42,46,51-52,56-57H,3-10,12,14,16-20,22-41,43-45,47-50H2,1-2H3,(H,55,58)/b13-11-,21-15-,46-42+. The van der Waals surface area contributed by atoms with Crippen LogP contribution in [0.1, 0.15) is 271 Å². The molecule has 0 heterocycles. The number of carbonyl (C=O) groups is 2. The number of nitrogens with one attached hydrogen (secondary N) is 1. The Hall–Kier alpha value is -1.92. The molecule has 3 N–H and O–H groups in total. The SMILES string of the molecule is CCCCC/C=C\C/C=C\CCCCCCCC(=O)OCCCCCCCCCCCCCCCCCCCCCC(=O)NC(CO)C(O)/C=C/CCCCCCCCC. The lowest BCUT2D eigenvalue weighted by Crippen LogP contribution is -2.45. The van der Waals surface area contributed by atoms with Crippen molar-refractivity contribution in [3.63, 3.8) is 0 Å². The highest BCUT2D eigenvalue weighted by atomic mass is 16.5. The van der Waals surface area contributed by atoms with E-state index >= 15 is 0 Å². The van der Waals surface area contributed by atoms with E-state index in [9.17, 15) is 19.8 Å². The summed E-state index contributed by atoms with van der Waals surface area (Å²) in [5.74, 6) is -0.0810. The average molecular weight is 844 g/mol. The molecule has 2 unspecified atom stereocenters. The van der Waals surface area contributed by atoms with Crippen molar-refractivity contribution in [2.75, 3.05) is 13.2 Å². The highest BCUT2D eigenvalue weighted by Crippen LogP contribution is 2.16. The second-order valence-electron chi connectivity index (χ2n) is 17.9. The van der Waals surface area contributed by atoms with Crippen LogP contribution in [0.5, 0.6) is 0 Å². The fraction of sp³-hybridized carbons (Fsp3) is 0.852. The molecule has 0 bridgehead atoms. The van der Waals surface area contributed by atoms with Gasteiger partial charge < -0.3 is 20.3 Å². The number of amides is 1. The summed E-state index contributed by atoms with van der Waals surface area (Å²) >= 11 is 0. The number of rotatable bonds is 48. The van der Waals surface area contributed by atoms with Crippen molar-refractivity contribution in [2.24, 2.45) is 0 Å². The molecule has 0 aliphatic heterocycles. The molecule has 60 heavy (non-hydrogen) atoms. The number of unbranched alkanes of at least 4 members (excludes halogenated alkanes) is 33. The first-order valence-corrected chi connectivity index (χ1v) is 26.3. The fourth-order valence-electron chi connectivity index (χ4n) is 7.84. The number of allylic oxidation sites excluding steroid dienone is 5. The molecule has 0 rings (SSSR count). The second kappa shape index (κ2) is 49.7. The van der Waals surface area contributed by atoms with Crippen molar-refractivity contribution in [2.45, 2.75) is 283 Å². The minimum absolute atomic E-state index is 0.00652. The molecule has 0 radical (unpaired) electrons. The predicted molar refractivity (Wildman–Crippen MR) is 259 cm³/mol. The number of carbonyl (C=O) groups excluding carboxylic acids is 2. The molecule has 0 aromatic rings. The number of aliphatic hydroxyl groups is 2. The molecule has 0 saturated heterocycles. The minimum atomic E-state index is -0.844. The van der Waals surface area contributed by atoms with Crippen LogP contribution in [0, 0.1) is 0 Å². The van der Waals surface area contributed by atoms with E-state index in [4.69, 9.17) is 4.74 Å². The molecular weight excluding hydrogens is 743 g/mol. The highest BCUT2D eigenvalue weighted by Gasteiger charge is 2.18. The number of hydrogen-bond donors (Lipinski definition) is 3. The second-order valence-corrected chi connectivity index (χ2v) is 17.9. The number of hydrogen-bond acceptors (Lipinski definition) is 5. The number of aliphatic hydroxyl groups excluding tert-OH is 2. The Bertz CT molecular complexity index is 977. The van der Waals surface area contributed by atoms with Crippen LogP contribution in [-0.4, -0.2) is 47.4 Å². The van der Waals surface area contributed by atoms with E-state index in [2.05, 4.69) is 43.5 Å². The van der Waals surface area contributed by atoms with Gasteiger partial charge in [-0.15, -0.1) is 0 Å². The normalized spacial score (nSPS) is 12.9. The first-order chi connectivity index (χ1) is 29.5. The summed E-state index contributed by atoms with van der Waals surface area (Å²) in [6.45, 7) is 4.83. The van der Waals surface area contributed by atoms with Gasteiger partial charge in [-0.2, -0.15) is 0 Å². The zero-order valence-corrected chi connectivity index (χ0v) is 39.9. The van der Waals surface area contributed by atoms with Crippen molar-refractivity contribution in [1.29, 1.82) is 0 Å². The number of ether oxygens (including phenoxy) is 1. The van der Waals surface area contributed by atoms with Crippen molar-refractivity contribution in [3.05, 3.63) is 36.5 Å². The summed E-state index contributed by atoms with van der Waals surface area (Å²) in [4.78, 5) is 24.4. The van der Waals surface area contributed by atoms with Crippen LogP contribution in [-0.2, 0) is 14.3 Å². The minimum Gasteiger partial charge on any atom is -0.466 e. The summed E-state index contributed by atoms with van der Waals surface area (Å²) in [5.41, 5.74) is 0. The molecule has 0 saturated carbocycles. The van der Waals surface area contributed by atoms with Crippen molar-refractivity contribution in [3.8, 4) is 0 Å². The molecule has 0 spiro atoms. The Morgan fingerprint density at radius 2 is 0.833 bits per heavy atom. The molecule has 0 aromatic carbocycles. The van der Waals surface area contributed by atoms with Crippen LogP contribution < -0.4 is 5.32 Å². The Morgan fingerprint density at radius 1 is 0.467 bits per heavy atom.